The van der Waals surface area contributed by atoms with E-state index in [-0.39, 0.29) is 23.6 Å². The standard InChI is InChI=1S/C22H20ClF2N3S3/c23-17-8-21(31-28-22-11-29-12-27-22)18(25)9-20(17)30-10-16-15(2-1-3-19(16)26)13-4-6-14(24)7-5-13/h2,4-9,11-12,16,19,28H,1,3,10,26H2. The Labute approximate surface area is 197 Å². The van der Waals surface area contributed by atoms with Crippen LogP contribution in [0.25, 0.3) is 5.57 Å². The molecule has 1 aliphatic carbocycles. The fourth-order valence-corrected chi connectivity index (χ4v) is 6.23. The van der Waals surface area contributed by atoms with E-state index in [1.165, 1.54) is 41.3 Å². The second kappa shape index (κ2) is 10.4. The smallest absolute Gasteiger partial charge is 0.147 e. The summed E-state index contributed by atoms with van der Waals surface area (Å²) in [6.45, 7) is 0. The van der Waals surface area contributed by atoms with Crippen LogP contribution in [-0.4, -0.2) is 16.8 Å². The highest BCUT2D eigenvalue weighted by atomic mass is 35.5. The van der Waals surface area contributed by atoms with E-state index in [9.17, 15) is 8.78 Å². The minimum absolute atomic E-state index is 0.0154. The first-order valence-electron chi connectivity index (χ1n) is 9.65. The molecule has 162 valence electrons. The number of benzene rings is 2. The Morgan fingerprint density at radius 3 is 2.74 bits per heavy atom. The van der Waals surface area contributed by atoms with Gasteiger partial charge < -0.3 is 10.5 Å². The molecule has 0 fully saturated rings. The van der Waals surface area contributed by atoms with E-state index in [2.05, 4.69) is 15.8 Å². The number of aromatic nitrogens is 1. The molecule has 2 unspecified atom stereocenters. The van der Waals surface area contributed by atoms with Crippen LogP contribution in [0, 0.1) is 17.6 Å². The first kappa shape index (κ1) is 22.6. The molecule has 2 aromatic carbocycles. The van der Waals surface area contributed by atoms with Gasteiger partial charge >= 0.3 is 0 Å². The molecule has 0 bridgehead atoms. The van der Waals surface area contributed by atoms with Gasteiger partial charge in [0.05, 0.1) is 15.4 Å². The third-order valence-electron chi connectivity index (χ3n) is 5.06. The lowest BCUT2D eigenvalue weighted by Crippen LogP contribution is -2.34. The largest absolute Gasteiger partial charge is 0.327 e. The van der Waals surface area contributed by atoms with Gasteiger partial charge in [0.2, 0.25) is 0 Å². The molecule has 0 aliphatic heterocycles. The van der Waals surface area contributed by atoms with Crippen LogP contribution in [-0.2, 0) is 0 Å². The minimum atomic E-state index is -0.345. The maximum atomic E-state index is 14.7. The second-order valence-electron chi connectivity index (χ2n) is 7.12. The Hall–Kier alpha value is -1.58. The Balaban J connectivity index is 1.46. The van der Waals surface area contributed by atoms with Crippen molar-refractivity contribution in [1.82, 2.24) is 4.98 Å². The number of rotatable bonds is 7. The van der Waals surface area contributed by atoms with Crippen molar-refractivity contribution in [3.05, 3.63) is 75.6 Å². The van der Waals surface area contributed by atoms with Crippen molar-refractivity contribution < 1.29 is 8.78 Å². The molecule has 1 aromatic heterocycles. The first-order valence-corrected chi connectivity index (χ1v) is 12.8. The summed E-state index contributed by atoms with van der Waals surface area (Å²) in [6, 6.07) is 9.56. The van der Waals surface area contributed by atoms with Crippen molar-refractivity contribution >= 4 is 58.0 Å². The van der Waals surface area contributed by atoms with Crippen LogP contribution < -0.4 is 10.5 Å². The third kappa shape index (κ3) is 5.62. The molecule has 3 nitrogen and oxygen atoms in total. The van der Waals surface area contributed by atoms with Crippen molar-refractivity contribution in [3.8, 4) is 0 Å². The van der Waals surface area contributed by atoms with Gasteiger partial charge in [-0.3, -0.25) is 0 Å². The molecule has 2 atom stereocenters. The minimum Gasteiger partial charge on any atom is -0.327 e. The molecule has 1 aliphatic rings. The number of hydrogen-bond donors (Lipinski definition) is 2. The lowest BCUT2D eigenvalue weighted by atomic mass is 9.81. The fraction of sp³-hybridized carbons (Fsp3) is 0.227. The summed E-state index contributed by atoms with van der Waals surface area (Å²) in [7, 11) is 0. The quantitative estimate of drug-likeness (QED) is 0.270. The molecular formula is C22H20ClF2N3S3. The highest BCUT2D eigenvalue weighted by Crippen LogP contribution is 2.39. The van der Waals surface area contributed by atoms with Crippen molar-refractivity contribution in [3.63, 3.8) is 0 Å². The zero-order chi connectivity index (χ0) is 21.8. The van der Waals surface area contributed by atoms with Gasteiger partial charge in [0.25, 0.3) is 0 Å². The van der Waals surface area contributed by atoms with Crippen LogP contribution >= 0.6 is 46.6 Å². The van der Waals surface area contributed by atoms with E-state index in [1.807, 2.05) is 5.38 Å². The van der Waals surface area contributed by atoms with E-state index in [0.29, 0.717) is 26.4 Å². The number of hydrogen-bond acceptors (Lipinski definition) is 6. The summed E-state index contributed by atoms with van der Waals surface area (Å²) in [5.74, 6) is 0.799. The van der Waals surface area contributed by atoms with Gasteiger partial charge in [0, 0.05) is 28.0 Å². The summed E-state index contributed by atoms with van der Waals surface area (Å²) in [5, 5.41) is 2.33. The molecule has 3 aromatic rings. The number of nitrogens with zero attached hydrogens (tertiary/aromatic N) is 1. The number of nitrogens with two attached hydrogens (primary N) is 1. The van der Waals surface area contributed by atoms with Gasteiger partial charge in [-0.1, -0.05) is 29.8 Å². The van der Waals surface area contributed by atoms with Crippen LogP contribution in [0.1, 0.15) is 18.4 Å². The van der Waals surface area contributed by atoms with Crippen LogP contribution in [0.2, 0.25) is 5.02 Å². The molecule has 0 spiro atoms. The van der Waals surface area contributed by atoms with Gasteiger partial charge in [-0.05, 0) is 60.2 Å². The summed E-state index contributed by atoms with van der Waals surface area (Å²) in [4.78, 5) is 5.20. The molecule has 0 saturated carbocycles. The van der Waals surface area contributed by atoms with E-state index in [0.717, 1.165) is 35.9 Å². The van der Waals surface area contributed by atoms with E-state index >= 15 is 0 Å². The Morgan fingerprint density at radius 2 is 2.00 bits per heavy atom. The van der Waals surface area contributed by atoms with Crippen molar-refractivity contribution in [2.24, 2.45) is 11.7 Å². The lowest BCUT2D eigenvalue weighted by molar-refractivity contribution is 0.506. The summed E-state index contributed by atoms with van der Waals surface area (Å²) in [6.07, 6.45) is 3.95. The van der Waals surface area contributed by atoms with Gasteiger partial charge in [-0.25, -0.2) is 13.8 Å². The average Bonchev–Trinajstić information content (AvgIpc) is 3.28. The Morgan fingerprint density at radius 1 is 1.19 bits per heavy atom. The number of thioether (sulfide) groups is 1. The molecule has 3 N–H and O–H groups in total. The molecule has 1 heterocycles. The van der Waals surface area contributed by atoms with Gasteiger partial charge in [0.15, 0.2) is 0 Å². The molecule has 0 saturated heterocycles. The first-order chi connectivity index (χ1) is 15.0. The normalized spacial score (nSPS) is 18.6. The van der Waals surface area contributed by atoms with Gasteiger partial charge in [0.1, 0.15) is 17.5 Å². The highest BCUT2D eigenvalue weighted by Gasteiger charge is 2.27. The van der Waals surface area contributed by atoms with Crippen LogP contribution in [0.4, 0.5) is 14.6 Å². The van der Waals surface area contributed by atoms with Crippen molar-refractivity contribution in [2.45, 2.75) is 28.7 Å². The van der Waals surface area contributed by atoms with Crippen LogP contribution in [0.3, 0.4) is 0 Å². The maximum absolute atomic E-state index is 14.7. The Bertz CT molecular complexity index is 1060. The van der Waals surface area contributed by atoms with Crippen LogP contribution in [0.15, 0.2) is 63.2 Å². The molecule has 4 rings (SSSR count). The Kier molecular flexibility index (Phi) is 7.55. The van der Waals surface area contributed by atoms with Gasteiger partial charge in [-0.2, -0.15) is 0 Å². The maximum Gasteiger partial charge on any atom is 0.147 e. The summed E-state index contributed by atoms with van der Waals surface area (Å²) in [5.41, 5.74) is 10.2. The molecule has 0 radical (unpaired) electrons. The third-order valence-corrected chi connectivity index (χ3v) is 8.09. The number of anilines is 1. The SMILES string of the molecule is NC1CCC=C(c2ccc(F)cc2)C1CSc1cc(F)c(SNc2cscn2)cc1Cl. The molecule has 9 heteroatoms. The molecule has 31 heavy (non-hydrogen) atoms. The highest BCUT2D eigenvalue weighted by molar-refractivity contribution is 8.00. The monoisotopic (exact) mass is 495 g/mol. The number of nitrogens with one attached hydrogen (secondary N) is 1. The molecule has 0 amide bonds. The average molecular weight is 496 g/mol. The predicted octanol–water partition coefficient (Wildman–Crippen LogP) is 7.11. The van der Waals surface area contributed by atoms with Crippen LogP contribution in [0.5, 0.6) is 0 Å². The van der Waals surface area contributed by atoms with Gasteiger partial charge in [-0.15, -0.1) is 23.1 Å². The van der Waals surface area contributed by atoms with Crippen molar-refractivity contribution in [2.75, 3.05) is 10.5 Å². The predicted molar refractivity (Wildman–Crippen MR) is 129 cm³/mol. The summed E-state index contributed by atoms with van der Waals surface area (Å²) < 4.78 is 31.0. The topological polar surface area (TPSA) is 50.9 Å². The zero-order valence-electron chi connectivity index (χ0n) is 16.4. The summed E-state index contributed by atoms with van der Waals surface area (Å²) >= 11 is 10.5. The van der Waals surface area contributed by atoms with E-state index < -0.39 is 0 Å². The van der Waals surface area contributed by atoms with Crippen molar-refractivity contribution in [1.29, 1.82) is 0 Å². The number of thiazole rings is 1. The molecular weight excluding hydrogens is 476 g/mol. The fourth-order valence-electron chi connectivity index (χ4n) is 3.45. The second-order valence-corrected chi connectivity index (χ2v) is 10.2. The number of halogens is 3. The van der Waals surface area contributed by atoms with E-state index in [4.69, 9.17) is 17.3 Å². The zero-order valence-corrected chi connectivity index (χ0v) is 19.6. The number of allylic oxidation sites excluding steroid dienone is 1. The van der Waals surface area contributed by atoms with E-state index in [1.54, 1.807) is 23.7 Å². The lowest BCUT2D eigenvalue weighted by Gasteiger charge is -2.30.